The van der Waals surface area contributed by atoms with Crippen LogP contribution in [0.4, 0.5) is 14.6 Å². The molecule has 190 valence electrons. The Balaban J connectivity index is 1.38. The quantitative estimate of drug-likeness (QED) is 0.518. The largest absolute Gasteiger partial charge is 0.353 e. The van der Waals surface area contributed by atoms with Crippen LogP contribution in [-0.4, -0.2) is 57.6 Å². The van der Waals surface area contributed by atoms with E-state index in [2.05, 4.69) is 32.1 Å². The van der Waals surface area contributed by atoms with Gasteiger partial charge in [-0.2, -0.15) is 0 Å². The lowest BCUT2D eigenvalue weighted by Gasteiger charge is -2.34. The minimum absolute atomic E-state index is 0.0900. The van der Waals surface area contributed by atoms with Gasteiger partial charge in [-0.15, -0.1) is 0 Å². The van der Waals surface area contributed by atoms with Crippen molar-refractivity contribution in [3.8, 4) is 0 Å². The molecule has 1 aromatic carbocycles. The predicted octanol–water partition coefficient (Wildman–Crippen LogP) is 3.50. The Kier molecular flexibility index (Phi) is 5.26. The van der Waals surface area contributed by atoms with Crippen LogP contribution in [0.25, 0.3) is 16.5 Å². The number of piperazine rings is 1. The van der Waals surface area contributed by atoms with Gasteiger partial charge in [0.2, 0.25) is 0 Å². The van der Waals surface area contributed by atoms with Gasteiger partial charge in [-0.25, -0.2) is 18.7 Å². The van der Waals surface area contributed by atoms with Crippen molar-refractivity contribution in [1.29, 1.82) is 0 Å². The summed E-state index contributed by atoms with van der Waals surface area (Å²) >= 11 is 0. The molecular weight excluding hydrogens is 472 g/mol. The average Bonchev–Trinajstić information content (AvgIpc) is 3.71. The average molecular weight is 502 g/mol. The Bertz CT molecular complexity index is 1450. The van der Waals surface area contributed by atoms with E-state index in [4.69, 9.17) is 4.98 Å². The molecule has 0 aliphatic carbocycles. The van der Waals surface area contributed by atoms with Gasteiger partial charge in [0.25, 0.3) is 0 Å². The Morgan fingerprint density at radius 3 is 2.68 bits per heavy atom. The maximum Gasteiger partial charge on any atom is 0.175 e. The van der Waals surface area contributed by atoms with Crippen molar-refractivity contribution in [2.24, 2.45) is 0 Å². The molecule has 3 aromatic rings. The standard InChI is InChI=1S/C28H29F2N7/c1-3-23-34-27-19(28(35-23)37-12-17-7-8-18(13-37)33-17)9-32-26(25(27)30)20-14-36(15(2)22-10-31-22)11-16-5-4-6-21(29)24(16)20/h4-6,9,14,17-18,22,31,33H,2-3,7-8,10-13H2,1H3. The van der Waals surface area contributed by atoms with Gasteiger partial charge in [-0.05, 0) is 24.5 Å². The van der Waals surface area contributed by atoms with Gasteiger partial charge >= 0.3 is 0 Å². The van der Waals surface area contributed by atoms with Crippen LogP contribution in [0, 0.1) is 11.6 Å². The minimum atomic E-state index is -0.550. The van der Waals surface area contributed by atoms with Gasteiger partial charge < -0.3 is 20.4 Å². The number of hydrogen-bond acceptors (Lipinski definition) is 7. The molecule has 9 heteroatoms. The molecule has 2 bridgehead atoms. The molecule has 3 saturated heterocycles. The van der Waals surface area contributed by atoms with E-state index in [0.29, 0.717) is 47.4 Å². The monoisotopic (exact) mass is 501 g/mol. The zero-order valence-electron chi connectivity index (χ0n) is 20.8. The zero-order chi connectivity index (χ0) is 25.3. The topological polar surface area (TPSA) is 79.1 Å². The number of halogens is 2. The molecule has 0 radical (unpaired) electrons. The van der Waals surface area contributed by atoms with Crippen molar-refractivity contribution in [1.82, 2.24) is 30.5 Å². The van der Waals surface area contributed by atoms with Crippen molar-refractivity contribution < 1.29 is 8.78 Å². The van der Waals surface area contributed by atoms with E-state index >= 15 is 8.78 Å². The molecule has 3 fully saturated rings. The molecule has 0 saturated carbocycles. The summed E-state index contributed by atoms with van der Waals surface area (Å²) in [6, 6.07) is 5.98. The summed E-state index contributed by atoms with van der Waals surface area (Å²) in [6.45, 7) is 9.16. The molecule has 7 nitrogen and oxygen atoms in total. The number of benzene rings is 1. The number of aromatic nitrogens is 3. The fraction of sp³-hybridized carbons (Fsp3) is 0.393. The van der Waals surface area contributed by atoms with Crippen LogP contribution in [0.2, 0.25) is 0 Å². The second kappa shape index (κ2) is 8.56. The molecule has 2 N–H and O–H groups in total. The van der Waals surface area contributed by atoms with Crippen molar-refractivity contribution in [3.63, 3.8) is 0 Å². The highest BCUT2D eigenvalue weighted by Gasteiger charge is 2.35. The normalized spacial score (nSPS) is 24.3. The van der Waals surface area contributed by atoms with Crippen molar-refractivity contribution in [2.75, 3.05) is 24.5 Å². The first-order valence-electron chi connectivity index (χ1n) is 13.0. The molecule has 0 amide bonds. The van der Waals surface area contributed by atoms with Crippen molar-refractivity contribution in [3.05, 3.63) is 77.2 Å². The summed E-state index contributed by atoms with van der Waals surface area (Å²) in [4.78, 5) is 18.2. The number of aryl methyl sites for hydroxylation is 1. The Hall–Kier alpha value is -3.43. The maximum absolute atomic E-state index is 16.4. The molecule has 6 heterocycles. The summed E-state index contributed by atoms with van der Waals surface area (Å²) in [5.74, 6) is 0.376. The van der Waals surface area contributed by atoms with E-state index in [9.17, 15) is 0 Å². The maximum atomic E-state index is 16.4. The van der Waals surface area contributed by atoms with Gasteiger partial charge in [0.05, 0.1) is 11.4 Å². The highest BCUT2D eigenvalue weighted by atomic mass is 19.1. The third kappa shape index (κ3) is 3.79. The summed E-state index contributed by atoms with van der Waals surface area (Å²) in [6.07, 6.45) is 6.30. The number of anilines is 1. The van der Waals surface area contributed by atoms with Gasteiger partial charge in [-0.1, -0.05) is 25.6 Å². The first kappa shape index (κ1) is 22.7. The molecule has 3 unspecified atom stereocenters. The smallest absolute Gasteiger partial charge is 0.175 e. The lowest BCUT2D eigenvalue weighted by molar-refractivity contribution is 0.439. The first-order chi connectivity index (χ1) is 18.0. The first-order valence-corrected chi connectivity index (χ1v) is 13.0. The van der Waals surface area contributed by atoms with Crippen molar-refractivity contribution in [2.45, 2.75) is 50.9 Å². The van der Waals surface area contributed by atoms with E-state index in [-0.39, 0.29) is 17.3 Å². The molecule has 0 spiro atoms. The fourth-order valence-corrected chi connectivity index (χ4v) is 5.95. The number of pyridine rings is 1. The van der Waals surface area contributed by atoms with Gasteiger partial charge in [0.1, 0.15) is 28.7 Å². The summed E-state index contributed by atoms with van der Waals surface area (Å²) in [5.41, 5.74) is 2.75. The second-order valence-electron chi connectivity index (χ2n) is 10.4. The van der Waals surface area contributed by atoms with Crippen molar-refractivity contribution >= 4 is 22.3 Å². The Morgan fingerprint density at radius 2 is 1.95 bits per heavy atom. The van der Waals surface area contributed by atoms with Crippen LogP contribution < -0.4 is 15.5 Å². The number of nitrogens with one attached hydrogen (secondary N) is 2. The molecule has 7 rings (SSSR count). The van der Waals surface area contributed by atoms with Crippen LogP contribution in [0.1, 0.15) is 42.4 Å². The van der Waals surface area contributed by atoms with Crippen LogP contribution in [0.15, 0.2) is 42.9 Å². The van der Waals surface area contributed by atoms with Crippen LogP contribution in [0.3, 0.4) is 0 Å². The lowest BCUT2D eigenvalue weighted by Crippen LogP contribution is -2.51. The van der Waals surface area contributed by atoms with E-state index in [1.807, 2.05) is 17.9 Å². The third-order valence-corrected chi connectivity index (χ3v) is 7.97. The Morgan fingerprint density at radius 1 is 1.16 bits per heavy atom. The third-order valence-electron chi connectivity index (χ3n) is 7.97. The number of nitrogens with zero attached hydrogens (tertiary/aromatic N) is 5. The number of rotatable bonds is 5. The molecule has 3 atom stereocenters. The molecule has 2 aromatic heterocycles. The van der Waals surface area contributed by atoms with Gasteiger partial charge in [-0.3, -0.25) is 4.98 Å². The highest BCUT2D eigenvalue weighted by Crippen LogP contribution is 2.38. The van der Waals surface area contributed by atoms with E-state index in [1.54, 1.807) is 18.5 Å². The molecule has 4 aliphatic rings. The second-order valence-corrected chi connectivity index (χ2v) is 10.4. The summed E-state index contributed by atoms with van der Waals surface area (Å²) < 4.78 is 31.6. The Labute approximate surface area is 214 Å². The number of hydrogen-bond donors (Lipinski definition) is 2. The molecule has 37 heavy (non-hydrogen) atoms. The summed E-state index contributed by atoms with van der Waals surface area (Å²) in [7, 11) is 0. The van der Waals surface area contributed by atoms with Gasteiger partial charge in [0.15, 0.2) is 5.82 Å². The van der Waals surface area contributed by atoms with Gasteiger partial charge in [0, 0.05) is 73.9 Å². The van der Waals surface area contributed by atoms with E-state index < -0.39 is 11.6 Å². The zero-order valence-corrected chi connectivity index (χ0v) is 20.8. The predicted molar refractivity (Wildman–Crippen MR) is 139 cm³/mol. The van der Waals surface area contributed by atoms with E-state index in [0.717, 1.165) is 49.6 Å². The SMILES string of the molecule is C=C(C1CN1)N1C=C(c2ncc3c(N4CC5CCC(C4)N5)nc(CC)nc3c2F)c2c(F)cccc2C1. The van der Waals surface area contributed by atoms with Crippen LogP contribution in [-0.2, 0) is 13.0 Å². The highest BCUT2D eigenvalue weighted by molar-refractivity contribution is 5.93. The fourth-order valence-electron chi connectivity index (χ4n) is 5.95. The van der Waals surface area contributed by atoms with Crippen LogP contribution in [0.5, 0.6) is 0 Å². The number of fused-ring (bicyclic) bond motifs is 4. The lowest BCUT2D eigenvalue weighted by atomic mass is 9.92. The summed E-state index contributed by atoms with van der Waals surface area (Å²) in [5, 5.41) is 7.48. The molecule has 4 aliphatic heterocycles. The minimum Gasteiger partial charge on any atom is -0.353 e. The van der Waals surface area contributed by atoms with E-state index in [1.165, 1.54) is 6.07 Å². The molecular formula is C28H29F2N7. The van der Waals surface area contributed by atoms with Crippen LogP contribution >= 0.6 is 0 Å².